The molecule has 0 fully saturated rings. The van der Waals surface area contributed by atoms with Gasteiger partial charge in [0.05, 0.1) is 15.9 Å². The molecule has 1 unspecified atom stereocenters. The largest absolute Gasteiger partial charge is 0.312 e. The Labute approximate surface area is 253 Å². The Morgan fingerprint density at radius 1 is 0.643 bits per heavy atom. The van der Waals surface area contributed by atoms with E-state index in [9.17, 15) is 0 Å². The molecule has 0 bridgehead atoms. The summed E-state index contributed by atoms with van der Waals surface area (Å²) in [7, 11) is 0. The number of aromatic nitrogens is 1. The van der Waals surface area contributed by atoms with Gasteiger partial charge in [-0.25, -0.2) is 0 Å². The average molecular weight is 576 g/mol. The van der Waals surface area contributed by atoms with Crippen molar-refractivity contribution in [2.75, 3.05) is 0 Å². The van der Waals surface area contributed by atoms with E-state index in [1.165, 1.54) is 90.5 Å². The van der Waals surface area contributed by atoms with E-state index in [1.807, 2.05) is 22.7 Å². The molecule has 0 aliphatic heterocycles. The molecule has 3 heterocycles. The van der Waals surface area contributed by atoms with E-state index in [0.29, 0.717) is 5.92 Å². The molecule has 202 valence electrons. The Morgan fingerprint density at radius 2 is 1.36 bits per heavy atom. The lowest BCUT2D eigenvalue weighted by molar-refractivity contribution is 0.652. The number of nitrogens with zero attached hydrogens (tertiary/aromatic N) is 1. The Hall–Kier alpha value is -4.18. The molecule has 5 aromatic carbocycles. The van der Waals surface area contributed by atoms with E-state index < -0.39 is 0 Å². The van der Waals surface area contributed by atoms with Crippen molar-refractivity contribution in [3.63, 3.8) is 0 Å². The molecular weight excluding hydrogens is 547 g/mol. The summed E-state index contributed by atoms with van der Waals surface area (Å²) in [6, 6.07) is 36.6. The summed E-state index contributed by atoms with van der Waals surface area (Å²) >= 11 is 3.80. The van der Waals surface area contributed by atoms with Gasteiger partial charge < -0.3 is 4.57 Å². The van der Waals surface area contributed by atoms with Crippen LogP contribution in [0.5, 0.6) is 0 Å². The topological polar surface area (TPSA) is 4.93 Å². The highest BCUT2D eigenvalue weighted by Crippen LogP contribution is 2.44. The van der Waals surface area contributed by atoms with Gasteiger partial charge in [-0.3, -0.25) is 0 Å². The second kappa shape index (κ2) is 8.91. The van der Waals surface area contributed by atoms with Crippen LogP contribution in [0, 0.1) is 12.8 Å². The minimum atomic E-state index is 0.545. The molecule has 1 aliphatic rings. The Balaban J connectivity index is 1.26. The van der Waals surface area contributed by atoms with Crippen LogP contribution in [0.15, 0.2) is 103 Å². The maximum absolute atomic E-state index is 2.57. The number of hydrogen-bond donors (Lipinski definition) is 0. The average Bonchev–Trinajstić information content (AvgIpc) is 3.66. The molecule has 42 heavy (non-hydrogen) atoms. The van der Waals surface area contributed by atoms with Gasteiger partial charge in [0, 0.05) is 52.3 Å². The molecule has 0 saturated heterocycles. The zero-order chi connectivity index (χ0) is 28.1. The van der Waals surface area contributed by atoms with E-state index in [0.717, 1.165) is 6.42 Å². The minimum Gasteiger partial charge on any atom is -0.312 e. The van der Waals surface area contributed by atoms with E-state index in [4.69, 9.17) is 0 Å². The first-order valence-electron chi connectivity index (χ1n) is 14.7. The van der Waals surface area contributed by atoms with Gasteiger partial charge in [0.1, 0.15) is 0 Å². The Bertz CT molecular complexity index is 2430. The summed E-state index contributed by atoms with van der Waals surface area (Å²) in [6.07, 6.45) is 3.50. The summed E-state index contributed by atoms with van der Waals surface area (Å²) in [4.78, 5) is 0. The van der Waals surface area contributed by atoms with Crippen molar-refractivity contribution < 1.29 is 0 Å². The maximum Gasteiger partial charge on any atom is 0.0637 e. The van der Waals surface area contributed by atoms with Gasteiger partial charge in [0.25, 0.3) is 0 Å². The SMILES string of the molecule is CC1=Cc2c(n(-c3cccc4c3sc3ccc(-c5ccc6sc7ccccc7c6c5)cc34)c3ccc(C)cc23)CC1C. The van der Waals surface area contributed by atoms with Crippen molar-refractivity contribution in [1.29, 1.82) is 0 Å². The van der Waals surface area contributed by atoms with Crippen LogP contribution in [0.1, 0.15) is 30.7 Å². The van der Waals surface area contributed by atoms with Crippen LogP contribution < -0.4 is 0 Å². The summed E-state index contributed by atoms with van der Waals surface area (Å²) in [5.41, 5.74) is 10.8. The molecule has 1 nitrogen and oxygen atoms in total. The predicted octanol–water partition coefficient (Wildman–Crippen LogP) is 11.9. The lowest BCUT2D eigenvalue weighted by Gasteiger charge is -2.21. The highest BCUT2D eigenvalue weighted by atomic mass is 32.1. The third kappa shape index (κ3) is 3.47. The molecular formula is C39H29NS2. The standard InChI is InChI=1S/C39H29NS2/c1-22-11-14-33-29(17-22)30-18-23(2)24(3)19-35(30)40(33)34-9-6-8-28-32-21-26(13-16-38(32)42-39(28)34)25-12-15-37-31(20-25)27-7-4-5-10-36(27)41-37/h4-18,20-21,24H,19H2,1-3H3. The smallest absolute Gasteiger partial charge is 0.0637 e. The van der Waals surface area contributed by atoms with Crippen molar-refractivity contribution in [2.24, 2.45) is 5.92 Å². The molecule has 0 spiro atoms. The number of fused-ring (bicyclic) bond motifs is 9. The molecule has 9 rings (SSSR count). The monoisotopic (exact) mass is 575 g/mol. The number of thiophene rings is 2. The fourth-order valence-corrected chi connectivity index (χ4v) is 9.26. The van der Waals surface area contributed by atoms with Crippen LogP contribution in [-0.2, 0) is 6.42 Å². The van der Waals surface area contributed by atoms with Gasteiger partial charge in [-0.2, -0.15) is 0 Å². The van der Waals surface area contributed by atoms with Crippen molar-refractivity contribution in [1.82, 2.24) is 4.57 Å². The van der Waals surface area contributed by atoms with Gasteiger partial charge in [-0.05, 0) is 85.8 Å². The summed E-state index contributed by atoms with van der Waals surface area (Å²) in [5.74, 6) is 0.545. The van der Waals surface area contributed by atoms with Crippen LogP contribution in [-0.4, -0.2) is 4.57 Å². The second-order valence-corrected chi connectivity index (χ2v) is 14.1. The molecule has 0 amide bonds. The molecule has 0 saturated carbocycles. The highest BCUT2D eigenvalue weighted by Gasteiger charge is 2.25. The fraction of sp³-hybridized carbons (Fsp3) is 0.128. The summed E-state index contributed by atoms with van der Waals surface area (Å²) < 4.78 is 7.98. The molecule has 3 aromatic heterocycles. The first-order valence-corrected chi connectivity index (χ1v) is 16.4. The number of benzene rings is 5. The van der Waals surface area contributed by atoms with Crippen LogP contribution in [0.2, 0.25) is 0 Å². The second-order valence-electron chi connectivity index (χ2n) is 12.0. The van der Waals surface area contributed by atoms with Gasteiger partial charge in [-0.1, -0.05) is 72.7 Å². The quantitative estimate of drug-likeness (QED) is 0.193. The number of allylic oxidation sites excluding steroid dienone is 1. The van der Waals surface area contributed by atoms with Crippen molar-refractivity contribution in [2.45, 2.75) is 27.2 Å². The zero-order valence-corrected chi connectivity index (χ0v) is 25.5. The van der Waals surface area contributed by atoms with Crippen molar-refractivity contribution in [3.05, 3.63) is 119 Å². The third-order valence-electron chi connectivity index (χ3n) is 9.34. The molecule has 0 N–H and O–H groups in total. The van der Waals surface area contributed by atoms with Crippen LogP contribution in [0.4, 0.5) is 0 Å². The minimum absolute atomic E-state index is 0.545. The van der Waals surface area contributed by atoms with Gasteiger partial charge in [-0.15, -0.1) is 22.7 Å². The molecule has 3 heteroatoms. The van der Waals surface area contributed by atoms with Gasteiger partial charge >= 0.3 is 0 Å². The lowest BCUT2D eigenvalue weighted by Crippen LogP contribution is -2.11. The van der Waals surface area contributed by atoms with E-state index in [2.05, 4.69) is 128 Å². The normalized spacial score (nSPS) is 15.3. The number of hydrogen-bond acceptors (Lipinski definition) is 2. The Morgan fingerprint density at radius 3 is 2.19 bits per heavy atom. The molecule has 0 radical (unpaired) electrons. The summed E-state index contributed by atoms with van der Waals surface area (Å²) in [5, 5.41) is 6.75. The van der Waals surface area contributed by atoms with Crippen molar-refractivity contribution >= 4 is 80.0 Å². The van der Waals surface area contributed by atoms with E-state index in [-0.39, 0.29) is 0 Å². The predicted molar refractivity (Wildman–Crippen MR) is 186 cm³/mol. The fourth-order valence-electron chi connectivity index (χ4n) is 6.99. The van der Waals surface area contributed by atoms with Gasteiger partial charge in [0.15, 0.2) is 0 Å². The summed E-state index contributed by atoms with van der Waals surface area (Å²) in [6.45, 7) is 6.85. The van der Waals surface area contributed by atoms with Crippen LogP contribution >= 0.6 is 22.7 Å². The lowest BCUT2D eigenvalue weighted by atomic mass is 9.88. The van der Waals surface area contributed by atoms with Crippen LogP contribution in [0.3, 0.4) is 0 Å². The molecule has 1 atom stereocenters. The highest BCUT2D eigenvalue weighted by molar-refractivity contribution is 7.26. The van der Waals surface area contributed by atoms with Crippen molar-refractivity contribution in [3.8, 4) is 16.8 Å². The van der Waals surface area contributed by atoms with E-state index >= 15 is 0 Å². The van der Waals surface area contributed by atoms with Gasteiger partial charge in [0.2, 0.25) is 0 Å². The first kappa shape index (κ1) is 24.4. The molecule has 8 aromatic rings. The Kier molecular flexibility index (Phi) is 5.18. The number of rotatable bonds is 2. The zero-order valence-electron chi connectivity index (χ0n) is 23.9. The number of aryl methyl sites for hydroxylation is 1. The van der Waals surface area contributed by atoms with E-state index in [1.54, 1.807) is 0 Å². The maximum atomic E-state index is 2.57. The third-order valence-corrected chi connectivity index (χ3v) is 11.7. The van der Waals surface area contributed by atoms with Crippen LogP contribution in [0.25, 0.3) is 74.1 Å². The molecule has 1 aliphatic carbocycles. The first-order chi connectivity index (χ1) is 20.5.